The lowest BCUT2D eigenvalue weighted by Gasteiger charge is -2.36. The lowest BCUT2D eigenvalue weighted by atomic mass is 10.1. The van der Waals surface area contributed by atoms with E-state index >= 15 is 0 Å². The van der Waals surface area contributed by atoms with Crippen LogP contribution in [0.25, 0.3) is 0 Å². The molecule has 2 aliphatic rings. The van der Waals surface area contributed by atoms with Crippen molar-refractivity contribution < 1.29 is 24.0 Å². The van der Waals surface area contributed by atoms with Crippen molar-refractivity contribution in [3.8, 4) is 0 Å². The number of amides is 2. The summed E-state index contributed by atoms with van der Waals surface area (Å²) in [5, 5.41) is 4.71. The van der Waals surface area contributed by atoms with Crippen molar-refractivity contribution in [3.63, 3.8) is 0 Å². The van der Waals surface area contributed by atoms with Crippen LogP contribution in [0.5, 0.6) is 0 Å². The van der Waals surface area contributed by atoms with E-state index in [1.807, 2.05) is 11.9 Å². The number of primary amides is 1. The molecule has 1 aromatic heterocycles. The number of benzene rings is 1. The van der Waals surface area contributed by atoms with Gasteiger partial charge in [-0.1, -0.05) is 6.58 Å². The maximum atomic E-state index is 12.7. The second-order valence-electron chi connectivity index (χ2n) is 8.81. The molecule has 4 rings (SSSR count). The van der Waals surface area contributed by atoms with E-state index in [9.17, 15) is 14.4 Å². The number of nitrogens with two attached hydrogens (primary N) is 1. The Kier molecular flexibility index (Phi) is 8.31. The zero-order valence-electron chi connectivity index (χ0n) is 20.8. The van der Waals surface area contributed by atoms with Gasteiger partial charge in [-0.25, -0.2) is 14.8 Å². The van der Waals surface area contributed by atoms with Crippen LogP contribution in [0.2, 0.25) is 0 Å². The zero-order valence-corrected chi connectivity index (χ0v) is 20.8. The average molecular weight is 510 g/mol. The van der Waals surface area contributed by atoms with Gasteiger partial charge in [0.15, 0.2) is 11.5 Å². The molecule has 2 fully saturated rings. The molecule has 3 heterocycles. The van der Waals surface area contributed by atoms with E-state index in [-0.39, 0.29) is 23.5 Å². The summed E-state index contributed by atoms with van der Waals surface area (Å²) >= 11 is 0. The standard InChI is InChI=1S/C25H31N7O5/c1-3-21(33)37-32-10-4-5-19(16-32)30(2)20-15-27-22(23(26)34)24(29-20)28-18-8-6-17(7-9-18)25(35)31-11-13-36-14-12-31/h3,6-9,15,19H,1,4-5,10-14,16H2,2H3,(H2,26,34)(H,28,29)/t19-/m1/s1. The summed E-state index contributed by atoms with van der Waals surface area (Å²) in [7, 11) is 1.87. The third kappa shape index (κ3) is 6.40. The molecule has 37 heavy (non-hydrogen) atoms. The number of hydroxylamine groups is 2. The summed E-state index contributed by atoms with van der Waals surface area (Å²) in [5.74, 6) is -0.554. The molecule has 12 nitrogen and oxygen atoms in total. The predicted molar refractivity (Wildman–Crippen MR) is 136 cm³/mol. The summed E-state index contributed by atoms with van der Waals surface area (Å²) in [6.07, 6.45) is 4.31. The fourth-order valence-electron chi connectivity index (χ4n) is 4.27. The number of morpholine rings is 1. The first-order valence-electron chi connectivity index (χ1n) is 12.1. The van der Waals surface area contributed by atoms with Crippen LogP contribution in [0.1, 0.15) is 33.7 Å². The molecule has 3 N–H and O–H groups in total. The highest BCUT2D eigenvalue weighted by molar-refractivity contribution is 5.97. The van der Waals surface area contributed by atoms with Crippen LogP contribution in [-0.2, 0) is 14.4 Å². The van der Waals surface area contributed by atoms with Crippen LogP contribution in [-0.4, -0.2) is 90.2 Å². The fraction of sp³-hybridized carbons (Fsp3) is 0.400. The number of hydrogen-bond acceptors (Lipinski definition) is 10. The number of ether oxygens (including phenoxy) is 1. The van der Waals surface area contributed by atoms with Gasteiger partial charge in [-0.05, 0) is 37.1 Å². The number of likely N-dealkylation sites (N-methyl/N-ethyl adjacent to an activating group) is 1. The molecular weight excluding hydrogens is 478 g/mol. The maximum Gasteiger partial charge on any atom is 0.349 e. The van der Waals surface area contributed by atoms with E-state index in [2.05, 4.69) is 21.9 Å². The van der Waals surface area contributed by atoms with Gasteiger partial charge in [-0.2, -0.15) is 0 Å². The largest absolute Gasteiger partial charge is 0.378 e. The van der Waals surface area contributed by atoms with Gasteiger partial charge in [-0.15, -0.1) is 5.06 Å². The van der Waals surface area contributed by atoms with E-state index in [1.54, 1.807) is 34.2 Å². The van der Waals surface area contributed by atoms with Crippen LogP contribution >= 0.6 is 0 Å². The molecule has 0 radical (unpaired) electrons. The number of nitrogens with one attached hydrogen (secondary N) is 1. The number of piperidine rings is 1. The number of hydrogen-bond donors (Lipinski definition) is 2. The topological polar surface area (TPSA) is 143 Å². The molecule has 2 aromatic rings. The van der Waals surface area contributed by atoms with Crippen LogP contribution in [0.4, 0.5) is 17.3 Å². The molecule has 1 atom stereocenters. The van der Waals surface area contributed by atoms with Crippen LogP contribution in [0.15, 0.2) is 43.1 Å². The minimum Gasteiger partial charge on any atom is -0.378 e. The molecule has 1 aromatic carbocycles. The van der Waals surface area contributed by atoms with Gasteiger partial charge in [0, 0.05) is 50.1 Å². The van der Waals surface area contributed by atoms with Crippen molar-refractivity contribution in [2.24, 2.45) is 5.73 Å². The molecule has 12 heteroatoms. The zero-order chi connectivity index (χ0) is 26.4. The van der Waals surface area contributed by atoms with Crippen molar-refractivity contribution in [1.29, 1.82) is 0 Å². The Morgan fingerprint density at radius 3 is 2.62 bits per heavy atom. The summed E-state index contributed by atoms with van der Waals surface area (Å²) in [6, 6.07) is 6.91. The Morgan fingerprint density at radius 2 is 1.95 bits per heavy atom. The molecule has 2 amide bonds. The third-order valence-electron chi connectivity index (χ3n) is 6.34. The summed E-state index contributed by atoms with van der Waals surface area (Å²) in [6.45, 7) is 6.73. The molecule has 0 saturated carbocycles. The van der Waals surface area contributed by atoms with Crippen molar-refractivity contribution in [1.82, 2.24) is 19.9 Å². The van der Waals surface area contributed by atoms with Gasteiger partial charge < -0.3 is 30.4 Å². The summed E-state index contributed by atoms with van der Waals surface area (Å²) in [5.41, 5.74) is 6.72. The molecule has 0 bridgehead atoms. The number of anilines is 3. The quantitative estimate of drug-likeness (QED) is 0.500. The minimum atomic E-state index is -0.719. The first-order chi connectivity index (χ1) is 17.9. The Hall–Kier alpha value is -4.03. The van der Waals surface area contributed by atoms with Crippen molar-refractivity contribution in [2.75, 3.05) is 56.7 Å². The van der Waals surface area contributed by atoms with E-state index < -0.39 is 11.9 Å². The molecule has 0 unspecified atom stereocenters. The molecule has 2 saturated heterocycles. The highest BCUT2D eigenvalue weighted by Crippen LogP contribution is 2.25. The Balaban J connectivity index is 1.49. The van der Waals surface area contributed by atoms with Crippen molar-refractivity contribution in [2.45, 2.75) is 18.9 Å². The van der Waals surface area contributed by atoms with Crippen LogP contribution in [0, 0.1) is 0 Å². The number of carbonyl (C=O) groups is 3. The molecular formula is C25H31N7O5. The minimum absolute atomic E-state index is 0.00146. The van der Waals surface area contributed by atoms with Gasteiger partial charge in [-0.3, -0.25) is 9.59 Å². The first kappa shape index (κ1) is 26.0. The van der Waals surface area contributed by atoms with Gasteiger partial charge in [0.25, 0.3) is 11.8 Å². The van der Waals surface area contributed by atoms with Gasteiger partial charge in [0.05, 0.1) is 26.0 Å². The highest BCUT2D eigenvalue weighted by Gasteiger charge is 2.27. The lowest BCUT2D eigenvalue weighted by Crippen LogP contribution is -2.47. The van der Waals surface area contributed by atoms with Crippen molar-refractivity contribution in [3.05, 3.63) is 54.4 Å². The number of rotatable bonds is 8. The predicted octanol–water partition coefficient (Wildman–Crippen LogP) is 1.34. The number of nitrogens with zero attached hydrogens (tertiary/aromatic N) is 5. The van der Waals surface area contributed by atoms with E-state index in [0.717, 1.165) is 18.9 Å². The van der Waals surface area contributed by atoms with E-state index in [4.69, 9.17) is 15.3 Å². The number of carbonyl (C=O) groups excluding carboxylic acids is 3. The van der Waals surface area contributed by atoms with Gasteiger partial charge in [0.1, 0.15) is 5.82 Å². The summed E-state index contributed by atoms with van der Waals surface area (Å²) in [4.78, 5) is 54.2. The third-order valence-corrected chi connectivity index (χ3v) is 6.34. The Morgan fingerprint density at radius 1 is 1.22 bits per heavy atom. The second kappa shape index (κ2) is 11.8. The smallest absolute Gasteiger partial charge is 0.349 e. The molecule has 0 spiro atoms. The maximum absolute atomic E-state index is 12.7. The van der Waals surface area contributed by atoms with Crippen molar-refractivity contribution >= 4 is 35.1 Å². The van der Waals surface area contributed by atoms with Gasteiger partial charge in [0.2, 0.25) is 0 Å². The van der Waals surface area contributed by atoms with Crippen LogP contribution in [0.3, 0.4) is 0 Å². The molecule has 2 aliphatic heterocycles. The Bertz CT molecular complexity index is 1150. The second-order valence-corrected chi connectivity index (χ2v) is 8.81. The molecule has 0 aliphatic carbocycles. The molecule has 196 valence electrons. The van der Waals surface area contributed by atoms with Crippen LogP contribution < -0.4 is 16.0 Å². The average Bonchev–Trinajstić information content (AvgIpc) is 2.93. The van der Waals surface area contributed by atoms with Gasteiger partial charge >= 0.3 is 5.97 Å². The van der Waals surface area contributed by atoms with E-state index in [1.165, 1.54) is 6.20 Å². The lowest BCUT2D eigenvalue weighted by molar-refractivity contribution is -0.189. The monoisotopic (exact) mass is 509 g/mol. The normalized spacial score (nSPS) is 18.1. The number of aromatic nitrogens is 2. The highest BCUT2D eigenvalue weighted by atomic mass is 16.7. The first-order valence-corrected chi connectivity index (χ1v) is 12.1. The SMILES string of the molecule is C=CC(=O)ON1CCC[C@@H](N(C)c2cnc(C(N)=O)c(Nc3ccc(C(=O)N4CCOCC4)cc3)n2)C1. The fourth-order valence-corrected chi connectivity index (χ4v) is 4.27. The summed E-state index contributed by atoms with van der Waals surface area (Å²) < 4.78 is 5.31. The Labute approximate surface area is 215 Å². The van der Waals surface area contributed by atoms with E-state index in [0.29, 0.717) is 56.5 Å².